The maximum absolute atomic E-state index is 15.5. The van der Waals surface area contributed by atoms with Crippen molar-refractivity contribution < 1.29 is 60.6 Å². The first-order valence-electron chi connectivity index (χ1n) is 7.60. The summed E-state index contributed by atoms with van der Waals surface area (Å²) in [5.41, 5.74) is -3.62. The van der Waals surface area contributed by atoms with Crippen LogP contribution in [0.2, 0.25) is 0 Å². The van der Waals surface area contributed by atoms with Gasteiger partial charge >= 0.3 is 23.5 Å². The Balaban J connectivity index is 2.36. The summed E-state index contributed by atoms with van der Waals surface area (Å²) in [4.78, 5) is 49.3. The van der Waals surface area contributed by atoms with Crippen LogP contribution >= 0.6 is 35.7 Å². The number of ether oxygens (including phenoxy) is 1. The number of phosphoric acid groups is 3. The molecule has 0 radical (unpaired) electrons. The van der Waals surface area contributed by atoms with Crippen molar-refractivity contribution in [2.45, 2.75) is 18.2 Å². The summed E-state index contributed by atoms with van der Waals surface area (Å²) in [6, 6.07) is 0.916. The second-order valence-corrected chi connectivity index (χ2v) is 10.5. The highest BCUT2D eigenvalue weighted by molar-refractivity contribution is 7.71. The number of terminal acetylenes is 1. The Morgan fingerprint density at radius 2 is 1.90 bits per heavy atom. The number of aromatic nitrogens is 2. The van der Waals surface area contributed by atoms with Crippen LogP contribution in [-0.2, 0) is 31.6 Å². The molecule has 6 atom stereocenters. The van der Waals surface area contributed by atoms with Crippen molar-refractivity contribution in [3.63, 3.8) is 0 Å². The van der Waals surface area contributed by atoms with Gasteiger partial charge in [0.15, 0.2) is 17.3 Å². The van der Waals surface area contributed by atoms with Gasteiger partial charge in [-0.15, -0.1) is 6.42 Å². The lowest BCUT2D eigenvalue weighted by Gasteiger charge is -2.26. The first-order valence-corrected chi connectivity index (χ1v) is 12.5. The van der Waals surface area contributed by atoms with Gasteiger partial charge in [-0.1, -0.05) is 5.92 Å². The summed E-state index contributed by atoms with van der Waals surface area (Å²) in [7, 11) is -17.3. The number of alkyl halides is 1. The lowest BCUT2D eigenvalue weighted by atomic mass is 9.91. The maximum atomic E-state index is 15.5. The molecule has 20 heteroatoms. The standard InChI is InChI=1S/C11H14FN2O13P3S/c1-2-11(12)6(5-15)8(24-9(11)14-4-3-7(16)13-10(14)31)25-29(20,21)27-30(22,23)26-28(17,18)19/h1,3-4,6,8-9,15H,5H2,(H,20,21)(H,22,23)(H,13,16,31)(H2,17,18,19)/t6?,8-,9-,11?/m1/s1. The van der Waals surface area contributed by atoms with E-state index in [9.17, 15) is 33.4 Å². The van der Waals surface area contributed by atoms with Crippen LogP contribution in [0.5, 0.6) is 0 Å². The third-order valence-electron chi connectivity index (χ3n) is 3.67. The normalized spacial score (nSPS) is 30.3. The van der Waals surface area contributed by atoms with Gasteiger partial charge in [-0.2, -0.15) is 8.62 Å². The molecule has 15 nitrogen and oxygen atoms in total. The summed E-state index contributed by atoms with van der Waals surface area (Å²) < 4.78 is 66.7. The fourth-order valence-electron chi connectivity index (χ4n) is 2.51. The monoisotopic (exact) mass is 526 g/mol. The number of halogens is 1. The molecule has 0 aromatic carbocycles. The number of hydrogen-bond donors (Lipinski definition) is 6. The summed E-state index contributed by atoms with van der Waals surface area (Å²) >= 11 is 4.87. The fraction of sp³-hybridized carbons (Fsp3) is 0.455. The Labute approximate surface area is 176 Å². The number of aromatic amines is 1. The summed E-state index contributed by atoms with van der Waals surface area (Å²) in [5.74, 6) is -0.210. The number of nitrogens with one attached hydrogen (secondary N) is 1. The van der Waals surface area contributed by atoms with E-state index in [0.29, 0.717) is 0 Å². The molecule has 174 valence electrons. The van der Waals surface area contributed by atoms with E-state index < -0.39 is 59.7 Å². The van der Waals surface area contributed by atoms with Crippen LogP contribution in [0.4, 0.5) is 4.39 Å². The maximum Gasteiger partial charge on any atom is 0.490 e. The highest BCUT2D eigenvalue weighted by atomic mass is 32.1. The van der Waals surface area contributed by atoms with E-state index in [4.69, 9.17) is 33.2 Å². The number of H-pyrrole nitrogens is 1. The second kappa shape index (κ2) is 9.05. The van der Waals surface area contributed by atoms with E-state index >= 15 is 4.39 Å². The number of rotatable bonds is 8. The zero-order chi connectivity index (χ0) is 23.8. The minimum atomic E-state index is -5.86. The Morgan fingerprint density at radius 3 is 2.39 bits per heavy atom. The van der Waals surface area contributed by atoms with Gasteiger partial charge in [-0.3, -0.25) is 18.9 Å². The molecular weight excluding hydrogens is 512 g/mol. The zero-order valence-electron chi connectivity index (χ0n) is 14.7. The lowest BCUT2D eigenvalue weighted by molar-refractivity contribution is -0.126. The molecule has 1 aromatic heterocycles. The van der Waals surface area contributed by atoms with Crippen molar-refractivity contribution in [1.29, 1.82) is 0 Å². The zero-order valence-corrected chi connectivity index (χ0v) is 18.2. The smallest absolute Gasteiger partial charge is 0.396 e. The average molecular weight is 526 g/mol. The quantitative estimate of drug-likeness (QED) is 0.150. The van der Waals surface area contributed by atoms with Crippen molar-refractivity contribution in [2.75, 3.05) is 6.61 Å². The van der Waals surface area contributed by atoms with Crippen molar-refractivity contribution in [3.05, 3.63) is 27.4 Å². The molecule has 0 bridgehead atoms. The summed E-state index contributed by atoms with van der Waals surface area (Å²) in [6.07, 6.45) is 2.03. The lowest BCUT2D eigenvalue weighted by Crippen LogP contribution is -2.39. The Kier molecular flexibility index (Phi) is 7.64. The molecule has 0 saturated carbocycles. The van der Waals surface area contributed by atoms with Gasteiger partial charge in [0.25, 0.3) is 5.56 Å². The van der Waals surface area contributed by atoms with Crippen LogP contribution in [-0.4, -0.2) is 52.8 Å². The first kappa shape index (κ1) is 26.2. The van der Waals surface area contributed by atoms with Crippen molar-refractivity contribution in [2.24, 2.45) is 5.92 Å². The molecule has 1 saturated heterocycles. The second-order valence-electron chi connectivity index (χ2n) is 5.77. The van der Waals surface area contributed by atoms with Gasteiger partial charge in [0.05, 0.1) is 12.5 Å². The van der Waals surface area contributed by atoms with E-state index in [1.165, 1.54) is 0 Å². The molecule has 0 amide bonds. The van der Waals surface area contributed by atoms with Crippen LogP contribution in [0.1, 0.15) is 6.23 Å². The average Bonchev–Trinajstić information content (AvgIpc) is 2.82. The Bertz CT molecular complexity index is 1140. The van der Waals surface area contributed by atoms with Gasteiger partial charge < -0.3 is 29.4 Å². The van der Waals surface area contributed by atoms with E-state index in [1.54, 1.807) is 5.92 Å². The number of hydrogen-bond acceptors (Lipinski definition) is 10. The molecule has 0 aliphatic carbocycles. The molecule has 4 unspecified atom stereocenters. The predicted octanol–water partition coefficient (Wildman–Crippen LogP) is 0.0541. The molecule has 1 aromatic rings. The van der Waals surface area contributed by atoms with E-state index in [2.05, 4.69) is 18.1 Å². The van der Waals surface area contributed by atoms with Crippen molar-refractivity contribution in [1.82, 2.24) is 9.55 Å². The van der Waals surface area contributed by atoms with Gasteiger partial charge in [0.2, 0.25) is 5.67 Å². The fourth-order valence-corrected chi connectivity index (χ4v) is 5.88. The molecule has 2 heterocycles. The molecular formula is C11H14FN2O13P3S. The van der Waals surface area contributed by atoms with Crippen molar-refractivity contribution >= 4 is 35.7 Å². The largest absolute Gasteiger partial charge is 0.490 e. The van der Waals surface area contributed by atoms with Crippen LogP contribution in [0, 0.1) is 23.0 Å². The van der Waals surface area contributed by atoms with Crippen LogP contribution in [0.15, 0.2) is 17.1 Å². The molecule has 2 rings (SSSR count). The first-order chi connectivity index (χ1) is 14.0. The van der Waals surface area contributed by atoms with Gasteiger partial charge in [-0.25, -0.2) is 18.1 Å². The highest BCUT2D eigenvalue weighted by Crippen LogP contribution is 2.67. The minimum absolute atomic E-state index is 0.384. The molecule has 1 aliphatic heterocycles. The van der Waals surface area contributed by atoms with Gasteiger partial charge in [-0.05, 0) is 12.2 Å². The van der Waals surface area contributed by atoms with Gasteiger partial charge in [0.1, 0.15) is 0 Å². The number of phosphoric ester groups is 1. The minimum Gasteiger partial charge on any atom is -0.396 e. The Hall–Kier alpha value is -1.08. The summed E-state index contributed by atoms with van der Waals surface area (Å²) in [5, 5.41) is 9.53. The third kappa shape index (κ3) is 6.25. The predicted molar refractivity (Wildman–Crippen MR) is 98.0 cm³/mol. The SMILES string of the molecule is C#CC1(F)C(CO)[C@@H](OP(=O)(O)OP(=O)(O)OP(=O)(O)O)O[C@H]1n1ccc(=O)[nH]c1=S. The van der Waals surface area contributed by atoms with Gasteiger partial charge in [0, 0.05) is 12.3 Å². The highest BCUT2D eigenvalue weighted by Gasteiger charge is 2.60. The van der Waals surface area contributed by atoms with Crippen LogP contribution in [0.25, 0.3) is 0 Å². The molecule has 0 spiro atoms. The van der Waals surface area contributed by atoms with Crippen LogP contribution < -0.4 is 5.56 Å². The topological polar surface area (TPSA) is 227 Å². The number of aliphatic hydroxyl groups excluding tert-OH is 1. The number of nitrogens with zero attached hydrogens (tertiary/aromatic N) is 1. The van der Waals surface area contributed by atoms with Crippen molar-refractivity contribution in [3.8, 4) is 12.3 Å². The Morgan fingerprint density at radius 1 is 1.29 bits per heavy atom. The van der Waals surface area contributed by atoms with E-state index in [1.807, 2.05) is 0 Å². The van der Waals surface area contributed by atoms with E-state index in [0.717, 1.165) is 16.8 Å². The van der Waals surface area contributed by atoms with Crippen LogP contribution in [0.3, 0.4) is 0 Å². The van der Waals surface area contributed by atoms with E-state index in [-0.39, 0.29) is 4.77 Å². The third-order valence-corrected chi connectivity index (χ3v) is 7.78. The molecule has 1 fully saturated rings. The number of aliphatic hydroxyl groups is 1. The summed E-state index contributed by atoms with van der Waals surface area (Å²) in [6.45, 7) is -1.14. The molecule has 6 N–H and O–H groups in total. The molecule has 31 heavy (non-hydrogen) atoms. The molecule has 1 aliphatic rings.